The van der Waals surface area contributed by atoms with Gasteiger partial charge in [0.05, 0.1) is 28.6 Å². The number of fused-ring (bicyclic) bond motifs is 1. The second kappa shape index (κ2) is 16.9. The fraction of sp³-hybridized carbons (Fsp3) is 0.308. The van der Waals surface area contributed by atoms with Crippen molar-refractivity contribution in [2.45, 2.75) is 46.6 Å². The Kier molecular flexibility index (Phi) is 12.9. The molecule has 0 spiro atoms. The van der Waals surface area contributed by atoms with Crippen LogP contribution in [0.2, 0.25) is 10.0 Å². The summed E-state index contributed by atoms with van der Waals surface area (Å²) in [6, 6.07) is 15.0. The number of rotatable bonds is 13. The molecule has 264 valence electrons. The quantitative estimate of drug-likeness (QED) is 0.105. The molecule has 0 unspecified atom stereocenters. The van der Waals surface area contributed by atoms with Gasteiger partial charge in [0.1, 0.15) is 12.5 Å². The third-order valence-corrected chi connectivity index (χ3v) is 9.49. The molecule has 0 amide bonds. The van der Waals surface area contributed by atoms with E-state index >= 15 is 0 Å². The van der Waals surface area contributed by atoms with Crippen LogP contribution in [0.25, 0.3) is 33.7 Å². The molecule has 0 saturated carbocycles. The first-order valence-corrected chi connectivity index (χ1v) is 17.1. The number of halogens is 2. The summed E-state index contributed by atoms with van der Waals surface area (Å²) < 4.78 is 10.1. The van der Waals surface area contributed by atoms with E-state index < -0.39 is 5.97 Å². The number of anilines is 1. The van der Waals surface area contributed by atoms with Crippen molar-refractivity contribution in [2.75, 3.05) is 25.5 Å². The van der Waals surface area contributed by atoms with E-state index in [1.165, 1.54) is 0 Å². The predicted molar refractivity (Wildman–Crippen MR) is 206 cm³/mol. The number of allylic oxidation sites excluding steroid dienone is 1. The summed E-state index contributed by atoms with van der Waals surface area (Å²) in [5.74, 6) is -0.183. The minimum atomic E-state index is -0.958. The van der Waals surface area contributed by atoms with Crippen molar-refractivity contribution in [1.29, 1.82) is 0 Å². The highest BCUT2D eigenvalue weighted by molar-refractivity contribution is 6.34. The number of nitrogens with one attached hydrogen (secondary N) is 2. The fourth-order valence-electron chi connectivity index (χ4n) is 6.28. The van der Waals surface area contributed by atoms with Crippen LogP contribution < -0.4 is 15.4 Å². The summed E-state index contributed by atoms with van der Waals surface area (Å²) in [5, 5.41) is 23.8. The van der Waals surface area contributed by atoms with E-state index in [-0.39, 0.29) is 11.6 Å². The molecule has 5 rings (SSSR count). The third kappa shape index (κ3) is 8.41. The Morgan fingerprint density at radius 3 is 2.40 bits per heavy atom. The zero-order valence-corrected chi connectivity index (χ0v) is 31.2. The van der Waals surface area contributed by atoms with Crippen molar-refractivity contribution in [1.82, 2.24) is 19.7 Å². The number of carboxylic acids is 1. The van der Waals surface area contributed by atoms with Gasteiger partial charge in [0, 0.05) is 76.8 Å². The highest BCUT2D eigenvalue weighted by atomic mass is 35.5. The van der Waals surface area contributed by atoms with E-state index in [9.17, 15) is 9.90 Å². The van der Waals surface area contributed by atoms with Crippen molar-refractivity contribution < 1.29 is 19.4 Å². The summed E-state index contributed by atoms with van der Waals surface area (Å²) in [6.45, 7) is 11.4. The molecule has 1 atom stereocenters. The molecule has 0 bridgehead atoms. The maximum Gasteiger partial charge on any atom is 0.335 e. The van der Waals surface area contributed by atoms with Crippen LogP contribution in [-0.2, 0) is 18.9 Å². The zero-order chi connectivity index (χ0) is 36.7. The van der Waals surface area contributed by atoms with Gasteiger partial charge in [-0.1, -0.05) is 29.3 Å². The smallest absolute Gasteiger partial charge is 0.335 e. The van der Waals surface area contributed by atoms with Crippen LogP contribution in [0.3, 0.4) is 0 Å². The van der Waals surface area contributed by atoms with E-state index in [0.29, 0.717) is 23.1 Å². The van der Waals surface area contributed by atoms with Gasteiger partial charge in [0.2, 0.25) is 0 Å². The Morgan fingerprint density at radius 1 is 1.04 bits per heavy atom. The van der Waals surface area contributed by atoms with E-state index in [1.807, 2.05) is 87.6 Å². The van der Waals surface area contributed by atoms with Crippen molar-refractivity contribution in [3.8, 4) is 16.9 Å². The number of aryl methyl sites for hydroxylation is 4. The first-order valence-electron chi connectivity index (χ1n) is 16.3. The predicted octanol–water partition coefficient (Wildman–Crippen LogP) is 8.74. The molecule has 2 heterocycles. The number of nitrogens with zero attached hydrogens (tertiary/aromatic N) is 3. The number of benzene rings is 3. The Bertz CT molecular complexity index is 2030. The monoisotopic (exact) mass is 717 g/mol. The number of aromatic nitrogens is 3. The Balaban J connectivity index is 0.00000276. The molecule has 2 aromatic heterocycles. The van der Waals surface area contributed by atoms with E-state index in [4.69, 9.17) is 37.8 Å². The number of ether oxygens (including phenoxy) is 1. The molecule has 9 nitrogen and oxygen atoms in total. The Labute approximate surface area is 303 Å². The lowest BCUT2D eigenvalue weighted by Gasteiger charge is -2.24. The molecule has 50 heavy (non-hydrogen) atoms. The minimum absolute atomic E-state index is 0.0802. The molecule has 0 aliphatic heterocycles. The average molecular weight is 719 g/mol. The summed E-state index contributed by atoms with van der Waals surface area (Å²) in [6.07, 6.45) is 5.63. The molecule has 0 fully saturated rings. The van der Waals surface area contributed by atoms with E-state index in [1.54, 1.807) is 12.1 Å². The average Bonchev–Trinajstić information content (AvgIpc) is 3.53. The van der Waals surface area contributed by atoms with Gasteiger partial charge in [-0.15, -0.1) is 0 Å². The molecule has 0 aliphatic rings. The number of carbonyl (C=O) groups is 2. The first-order chi connectivity index (χ1) is 23.9. The zero-order valence-electron chi connectivity index (χ0n) is 29.7. The minimum Gasteiger partial charge on any atom is -0.494 e. The normalized spacial score (nSPS) is 12.1. The van der Waals surface area contributed by atoms with Gasteiger partial charge in [-0.05, 0) is 107 Å². The molecule has 0 aliphatic carbocycles. The standard InChI is InChI=1S/C38H43Cl2N5O3.CH2O/c1-22-17-29(11-13-32(22)39)48-16-8-9-26(18-28-21-44(6)34-15-10-27(38(46)47)19-31(28)34)30-12-14-33(40)36(37(30)42-23(2)20-41-5)35-24(3)43-45(7)25(35)4;1-2/h10-15,17-19,21,23,41-42H,8-9,16,20H2,1-7H3,(H,46,47);1H2/b26-18+;/t23-;/m1./s1. The Hall–Kier alpha value is -4.57. The lowest BCUT2D eigenvalue weighted by Crippen LogP contribution is -2.28. The number of carbonyl (C=O) groups excluding carboxylic acids is 1. The molecule has 0 radical (unpaired) electrons. The molecule has 3 aromatic carbocycles. The van der Waals surface area contributed by atoms with Crippen LogP contribution in [0.15, 0.2) is 54.7 Å². The second-order valence-electron chi connectivity index (χ2n) is 12.4. The largest absolute Gasteiger partial charge is 0.494 e. The van der Waals surface area contributed by atoms with Crippen molar-refractivity contribution in [2.24, 2.45) is 14.1 Å². The van der Waals surface area contributed by atoms with Crippen molar-refractivity contribution in [3.05, 3.63) is 98.4 Å². The molecule has 3 N–H and O–H groups in total. The summed E-state index contributed by atoms with van der Waals surface area (Å²) >= 11 is 13.3. The molecule has 0 saturated heterocycles. The summed E-state index contributed by atoms with van der Waals surface area (Å²) in [4.78, 5) is 19.9. The van der Waals surface area contributed by atoms with Crippen molar-refractivity contribution in [3.63, 3.8) is 0 Å². The lowest BCUT2D eigenvalue weighted by atomic mass is 9.91. The van der Waals surface area contributed by atoms with Crippen LogP contribution in [0, 0.1) is 20.8 Å². The third-order valence-electron chi connectivity index (χ3n) is 8.75. The van der Waals surface area contributed by atoms with Crippen LogP contribution in [0.1, 0.15) is 58.2 Å². The van der Waals surface area contributed by atoms with Crippen molar-refractivity contribution >= 4 is 64.2 Å². The van der Waals surface area contributed by atoms with Crippen LogP contribution in [0.5, 0.6) is 5.75 Å². The fourth-order valence-corrected chi connectivity index (χ4v) is 6.65. The van der Waals surface area contributed by atoms with Crippen LogP contribution in [0.4, 0.5) is 5.69 Å². The number of hydrogen-bond donors (Lipinski definition) is 3. The van der Waals surface area contributed by atoms with Crippen LogP contribution in [-0.4, -0.2) is 58.5 Å². The number of hydrogen-bond acceptors (Lipinski definition) is 6. The second-order valence-corrected chi connectivity index (χ2v) is 13.2. The van der Waals surface area contributed by atoms with E-state index in [0.717, 1.165) is 80.1 Å². The van der Waals surface area contributed by atoms with Gasteiger partial charge >= 0.3 is 5.97 Å². The number of carboxylic acid groups (broad SMARTS) is 1. The summed E-state index contributed by atoms with van der Waals surface area (Å²) in [7, 11) is 5.86. The maximum absolute atomic E-state index is 11.9. The Morgan fingerprint density at radius 2 is 1.76 bits per heavy atom. The van der Waals surface area contributed by atoms with Gasteiger partial charge in [-0.3, -0.25) is 4.68 Å². The molecule has 5 aromatic rings. The molecule has 11 heteroatoms. The SMILES string of the molecule is C=O.CNC[C@@H](C)Nc1c(/C(=C/c2cn(C)c3ccc(C(=O)O)cc23)CCCOc2ccc(Cl)c(C)c2)ccc(Cl)c1-c1c(C)nn(C)c1C. The van der Waals surface area contributed by atoms with E-state index in [2.05, 4.69) is 36.6 Å². The van der Waals surface area contributed by atoms with Crippen LogP contribution >= 0.6 is 23.2 Å². The highest BCUT2D eigenvalue weighted by Gasteiger charge is 2.24. The molecular formula is C39H45Cl2N5O4. The van der Waals surface area contributed by atoms with Gasteiger partial charge in [-0.25, -0.2) is 4.79 Å². The maximum atomic E-state index is 11.9. The summed E-state index contributed by atoms with van der Waals surface area (Å²) in [5.41, 5.74) is 9.91. The molecular weight excluding hydrogens is 673 g/mol. The van der Waals surface area contributed by atoms with Gasteiger partial charge < -0.3 is 29.8 Å². The topological polar surface area (TPSA) is 110 Å². The number of likely N-dealkylation sites (N-methyl/N-ethyl adjacent to an activating group) is 1. The number of aromatic carboxylic acids is 1. The van der Waals surface area contributed by atoms with Gasteiger partial charge in [0.25, 0.3) is 0 Å². The highest BCUT2D eigenvalue weighted by Crippen LogP contribution is 2.44. The van der Waals surface area contributed by atoms with Gasteiger partial charge in [-0.2, -0.15) is 5.10 Å². The first kappa shape index (κ1) is 38.2. The van der Waals surface area contributed by atoms with Gasteiger partial charge in [0.15, 0.2) is 0 Å². The lowest BCUT2D eigenvalue weighted by molar-refractivity contribution is -0.0980.